The summed E-state index contributed by atoms with van der Waals surface area (Å²) in [5.74, 6) is 1.65. The molecule has 0 bridgehead atoms. The number of hydrogen-bond donors (Lipinski definition) is 1. The first-order valence-corrected chi connectivity index (χ1v) is 9.28. The van der Waals surface area contributed by atoms with Crippen LogP contribution in [-0.4, -0.2) is 25.9 Å². The number of para-hydroxylation sites is 1. The van der Waals surface area contributed by atoms with E-state index in [9.17, 15) is 4.79 Å². The number of hydrogen-bond acceptors (Lipinski definition) is 4. The van der Waals surface area contributed by atoms with Crippen molar-refractivity contribution < 1.29 is 14.3 Å². The van der Waals surface area contributed by atoms with E-state index in [1.807, 2.05) is 36.4 Å². The van der Waals surface area contributed by atoms with Crippen molar-refractivity contribution in [3.63, 3.8) is 0 Å². The van der Waals surface area contributed by atoms with Crippen molar-refractivity contribution in [2.24, 2.45) is 0 Å². The fraction of sp³-hybridized carbons (Fsp3) is 0.190. The maximum atomic E-state index is 12.2. The van der Waals surface area contributed by atoms with Crippen LogP contribution in [0.5, 0.6) is 11.5 Å². The molecule has 0 saturated heterocycles. The molecule has 0 aromatic heterocycles. The number of amides is 1. The Morgan fingerprint density at radius 2 is 1.77 bits per heavy atom. The van der Waals surface area contributed by atoms with Crippen molar-refractivity contribution in [2.75, 3.05) is 20.0 Å². The second kappa shape index (κ2) is 8.63. The molecule has 0 aliphatic carbocycles. The molecule has 0 radical (unpaired) electrons. The Bertz CT molecular complexity index is 911. The average molecular weight is 367 g/mol. The van der Waals surface area contributed by atoms with Crippen LogP contribution in [0, 0.1) is 0 Å². The highest BCUT2D eigenvalue weighted by Crippen LogP contribution is 2.30. The lowest BCUT2D eigenvalue weighted by atomic mass is 10.1. The fourth-order valence-electron chi connectivity index (χ4n) is 2.74. The highest BCUT2D eigenvalue weighted by molar-refractivity contribution is 8.00. The number of carbonyl (C=O) groups is 1. The minimum atomic E-state index is -0.0203. The van der Waals surface area contributed by atoms with E-state index in [4.69, 9.17) is 9.47 Å². The fourth-order valence-corrected chi connectivity index (χ4v) is 3.52. The van der Waals surface area contributed by atoms with Gasteiger partial charge in [-0.2, -0.15) is 0 Å². The maximum absolute atomic E-state index is 12.2. The molecule has 0 fully saturated rings. The van der Waals surface area contributed by atoms with E-state index in [1.54, 1.807) is 14.2 Å². The van der Waals surface area contributed by atoms with Gasteiger partial charge in [-0.05, 0) is 29.0 Å². The van der Waals surface area contributed by atoms with Crippen LogP contribution in [0.15, 0.2) is 65.6 Å². The van der Waals surface area contributed by atoms with Crippen molar-refractivity contribution in [3.05, 3.63) is 66.2 Å². The largest absolute Gasteiger partial charge is 0.493 e. The van der Waals surface area contributed by atoms with Gasteiger partial charge >= 0.3 is 0 Å². The highest BCUT2D eigenvalue weighted by atomic mass is 32.2. The Balaban J connectivity index is 1.57. The van der Waals surface area contributed by atoms with E-state index in [1.165, 1.54) is 22.5 Å². The summed E-state index contributed by atoms with van der Waals surface area (Å²) < 4.78 is 10.7. The predicted octanol–water partition coefficient (Wildman–Crippen LogP) is 4.27. The number of benzene rings is 3. The number of carbonyl (C=O) groups excluding carboxylic acids is 1. The van der Waals surface area contributed by atoms with E-state index in [0.29, 0.717) is 23.8 Å². The SMILES string of the molecule is COc1cccc(CNC(=O)CSc2ccc3ccccc3c2)c1OC. The third-order valence-corrected chi connectivity index (χ3v) is 5.05. The molecule has 0 spiro atoms. The van der Waals surface area contributed by atoms with Crippen LogP contribution < -0.4 is 14.8 Å². The molecule has 3 rings (SSSR count). The average Bonchev–Trinajstić information content (AvgIpc) is 2.70. The number of ether oxygens (including phenoxy) is 2. The first-order valence-electron chi connectivity index (χ1n) is 8.29. The molecule has 0 aliphatic rings. The lowest BCUT2D eigenvalue weighted by Crippen LogP contribution is -2.24. The normalized spacial score (nSPS) is 10.5. The molecular formula is C21H21NO3S. The van der Waals surface area contributed by atoms with Crippen LogP contribution in [0.4, 0.5) is 0 Å². The lowest BCUT2D eigenvalue weighted by molar-refractivity contribution is -0.118. The third-order valence-electron chi connectivity index (χ3n) is 4.05. The van der Waals surface area contributed by atoms with Crippen LogP contribution in [0.3, 0.4) is 0 Å². The number of fused-ring (bicyclic) bond motifs is 1. The van der Waals surface area contributed by atoms with Crippen molar-refractivity contribution in [1.82, 2.24) is 5.32 Å². The summed E-state index contributed by atoms with van der Waals surface area (Å²) >= 11 is 1.53. The molecule has 3 aromatic carbocycles. The molecule has 0 atom stereocenters. The Morgan fingerprint density at radius 1 is 0.962 bits per heavy atom. The summed E-state index contributed by atoms with van der Waals surface area (Å²) in [6.07, 6.45) is 0. The quantitative estimate of drug-likeness (QED) is 0.634. The van der Waals surface area contributed by atoms with Crippen molar-refractivity contribution in [1.29, 1.82) is 0 Å². The van der Waals surface area contributed by atoms with E-state index >= 15 is 0 Å². The monoisotopic (exact) mass is 367 g/mol. The summed E-state index contributed by atoms with van der Waals surface area (Å²) in [5, 5.41) is 5.32. The zero-order valence-corrected chi connectivity index (χ0v) is 15.6. The van der Waals surface area contributed by atoms with Gasteiger partial charge in [0.15, 0.2) is 11.5 Å². The van der Waals surface area contributed by atoms with Crippen molar-refractivity contribution in [2.45, 2.75) is 11.4 Å². The second-order valence-corrected chi connectivity index (χ2v) is 6.78. The van der Waals surface area contributed by atoms with Crippen LogP contribution in [0.25, 0.3) is 10.8 Å². The smallest absolute Gasteiger partial charge is 0.230 e. The first kappa shape index (κ1) is 18.1. The molecule has 4 nitrogen and oxygen atoms in total. The topological polar surface area (TPSA) is 47.6 Å². The Morgan fingerprint density at radius 3 is 2.54 bits per heavy atom. The molecule has 0 heterocycles. The molecule has 0 aliphatic heterocycles. The Kier molecular flexibility index (Phi) is 6.02. The molecule has 26 heavy (non-hydrogen) atoms. The number of thioether (sulfide) groups is 1. The zero-order chi connectivity index (χ0) is 18.4. The van der Waals surface area contributed by atoms with Gasteiger partial charge in [0.1, 0.15) is 0 Å². The van der Waals surface area contributed by atoms with Gasteiger partial charge in [-0.15, -0.1) is 11.8 Å². The standard InChI is InChI=1S/C21H21NO3S/c1-24-19-9-5-8-17(21(19)25-2)13-22-20(23)14-26-18-11-10-15-6-3-4-7-16(15)12-18/h3-12H,13-14H2,1-2H3,(H,22,23). The summed E-state index contributed by atoms with van der Waals surface area (Å²) in [4.78, 5) is 13.3. The van der Waals surface area contributed by atoms with Crippen LogP contribution in [0.1, 0.15) is 5.56 Å². The molecule has 0 saturated carbocycles. The number of nitrogens with one attached hydrogen (secondary N) is 1. The van der Waals surface area contributed by atoms with Gasteiger partial charge in [0, 0.05) is 17.0 Å². The van der Waals surface area contributed by atoms with Crippen molar-refractivity contribution >= 4 is 28.4 Å². The lowest BCUT2D eigenvalue weighted by Gasteiger charge is -2.13. The van der Waals surface area contributed by atoms with E-state index < -0.39 is 0 Å². The summed E-state index contributed by atoms with van der Waals surface area (Å²) in [6.45, 7) is 0.400. The Hall–Kier alpha value is -2.66. The molecule has 3 aromatic rings. The van der Waals surface area contributed by atoms with Gasteiger partial charge in [0.25, 0.3) is 0 Å². The van der Waals surface area contributed by atoms with E-state index in [0.717, 1.165) is 10.5 Å². The summed E-state index contributed by atoms with van der Waals surface area (Å²) in [5.41, 5.74) is 0.885. The summed E-state index contributed by atoms with van der Waals surface area (Å²) in [6, 6.07) is 20.1. The molecule has 5 heteroatoms. The van der Waals surface area contributed by atoms with Gasteiger partial charge in [-0.25, -0.2) is 0 Å². The minimum absolute atomic E-state index is 0.0203. The van der Waals surface area contributed by atoms with Gasteiger partial charge in [0.2, 0.25) is 5.91 Å². The van der Waals surface area contributed by atoms with Gasteiger partial charge in [-0.1, -0.05) is 42.5 Å². The molecule has 1 amide bonds. The predicted molar refractivity (Wildman–Crippen MR) is 106 cm³/mol. The third kappa shape index (κ3) is 4.29. The Labute approximate surface area is 157 Å². The highest BCUT2D eigenvalue weighted by Gasteiger charge is 2.10. The van der Waals surface area contributed by atoms with Crippen LogP contribution in [-0.2, 0) is 11.3 Å². The summed E-state index contributed by atoms with van der Waals surface area (Å²) in [7, 11) is 3.19. The molecule has 0 unspecified atom stereocenters. The molecule has 1 N–H and O–H groups in total. The zero-order valence-electron chi connectivity index (χ0n) is 14.8. The van der Waals surface area contributed by atoms with Crippen molar-refractivity contribution in [3.8, 4) is 11.5 Å². The van der Waals surface area contributed by atoms with Gasteiger partial charge in [0.05, 0.1) is 20.0 Å². The van der Waals surface area contributed by atoms with Gasteiger partial charge < -0.3 is 14.8 Å². The van der Waals surface area contributed by atoms with E-state index in [-0.39, 0.29) is 5.91 Å². The molecular weight excluding hydrogens is 346 g/mol. The van der Waals surface area contributed by atoms with Crippen LogP contribution in [0.2, 0.25) is 0 Å². The number of methoxy groups -OCH3 is 2. The maximum Gasteiger partial charge on any atom is 0.230 e. The van der Waals surface area contributed by atoms with Gasteiger partial charge in [-0.3, -0.25) is 4.79 Å². The molecule has 134 valence electrons. The first-order chi connectivity index (χ1) is 12.7. The van der Waals surface area contributed by atoms with E-state index in [2.05, 4.69) is 29.6 Å². The van der Waals surface area contributed by atoms with Crippen LogP contribution >= 0.6 is 11.8 Å². The minimum Gasteiger partial charge on any atom is -0.493 e. The number of rotatable bonds is 7. The second-order valence-electron chi connectivity index (χ2n) is 5.73.